The van der Waals surface area contributed by atoms with Crippen molar-refractivity contribution in [3.8, 4) is 0 Å². The zero-order valence-electron chi connectivity index (χ0n) is 9.93. The van der Waals surface area contributed by atoms with Crippen LogP contribution in [0.1, 0.15) is 33.6 Å². The van der Waals surface area contributed by atoms with Gasteiger partial charge in [-0.3, -0.25) is 0 Å². The molecular weight excluding hydrogens is 160 g/mol. The van der Waals surface area contributed by atoms with Crippen LogP contribution in [0.15, 0.2) is 0 Å². The van der Waals surface area contributed by atoms with Gasteiger partial charge in [-0.1, -0.05) is 27.2 Å². The molecule has 0 radical (unpaired) electrons. The molecule has 0 aromatic carbocycles. The standard InChI is InChI=1S/C11H26N2/c1-6-10(3)9-13(5)11(7-2)8-12-4/h10-12H,6-9H2,1-5H3. The predicted octanol–water partition coefficient (Wildman–Crippen LogP) is 1.96. The topological polar surface area (TPSA) is 15.3 Å². The zero-order chi connectivity index (χ0) is 10.3. The molecule has 0 aromatic rings. The molecule has 0 bridgehead atoms. The van der Waals surface area contributed by atoms with Crippen molar-refractivity contribution in [2.75, 3.05) is 27.2 Å². The Balaban J connectivity index is 3.82. The van der Waals surface area contributed by atoms with Crippen LogP contribution in [-0.4, -0.2) is 38.1 Å². The van der Waals surface area contributed by atoms with Gasteiger partial charge in [-0.2, -0.15) is 0 Å². The molecule has 0 aliphatic carbocycles. The van der Waals surface area contributed by atoms with Crippen LogP contribution in [0, 0.1) is 5.92 Å². The van der Waals surface area contributed by atoms with E-state index in [-0.39, 0.29) is 0 Å². The molecule has 2 atom stereocenters. The second-order valence-electron chi connectivity index (χ2n) is 4.07. The van der Waals surface area contributed by atoms with Crippen molar-refractivity contribution in [3.05, 3.63) is 0 Å². The molecule has 2 nitrogen and oxygen atoms in total. The number of nitrogens with zero attached hydrogens (tertiary/aromatic N) is 1. The maximum absolute atomic E-state index is 3.25. The smallest absolute Gasteiger partial charge is 0.0214 e. The fraction of sp³-hybridized carbons (Fsp3) is 1.00. The van der Waals surface area contributed by atoms with Gasteiger partial charge in [-0.15, -0.1) is 0 Å². The minimum atomic E-state index is 0.694. The zero-order valence-corrected chi connectivity index (χ0v) is 9.93. The van der Waals surface area contributed by atoms with Crippen LogP contribution in [0.2, 0.25) is 0 Å². The van der Waals surface area contributed by atoms with Crippen molar-refractivity contribution in [1.82, 2.24) is 10.2 Å². The quantitative estimate of drug-likeness (QED) is 0.654. The van der Waals surface area contributed by atoms with Gasteiger partial charge in [0.15, 0.2) is 0 Å². The van der Waals surface area contributed by atoms with Crippen molar-refractivity contribution in [3.63, 3.8) is 0 Å². The summed E-state index contributed by atoms with van der Waals surface area (Å²) >= 11 is 0. The Morgan fingerprint density at radius 2 is 1.85 bits per heavy atom. The first-order valence-corrected chi connectivity index (χ1v) is 5.50. The summed E-state index contributed by atoms with van der Waals surface area (Å²) in [7, 11) is 4.26. The fourth-order valence-corrected chi connectivity index (χ4v) is 1.62. The normalized spacial score (nSPS) is 16.2. The average molecular weight is 186 g/mol. The summed E-state index contributed by atoms with van der Waals surface area (Å²) < 4.78 is 0. The van der Waals surface area contributed by atoms with Crippen LogP contribution in [0.5, 0.6) is 0 Å². The summed E-state index contributed by atoms with van der Waals surface area (Å²) in [5, 5.41) is 3.25. The van der Waals surface area contributed by atoms with Crippen molar-refractivity contribution in [2.24, 2.45) is 5.92 Å². The van der Waals surface area contributed by atoms with Crippen LogP contribution in [-0.2, 0) is 0 Å². The Labute approximate surface area is 83.7 Å². The summed E-state index contributed by atoms with van der Waals surface area (Å²) in [6.45, 7) is 9.16. The van der Waals surface area contributed by atoms with E-state index in [1.54, 1.807) is 0 Å². The second-order valence-corrected chi connectivity index (χ2v) is 4.07. The fourth-order valence-electron chi connectivity index (χ4n) is 1.62. The lowest BCUT2D eigenvalue weighted by Crippen LogP contribution is -2.40. The molecule has 0 spiro atoms. The van der Waals surface area contributed by atoms with Crippen molar-refractivity contribution >= 4 is 0 Å². The van der Waals surface area contributed by atoms with Gasteiger partial charge in [-0.05, 0) is 26.4 Å². The van der Waals surface area contributed by atoms with E-state index >= 15 is 0 Å². The summed E-state index contributed by atoms with van der Waals surface area (Å²) in [5.41, 5.74) is 0. The molecule has 0 saturated heterocycles. The van der Waals surface area contributed by atoms with E-state index in [1.807, 2.05) is 7.05 Å². The summed E-state index contributed by atoms with van der Waals surface area (Å²) in [5.74, 6) is 0.816. The van der Waals surface area contributed by atoms with E-state index in [2.05, 4.69) is 38.0 Å². The van der Waals surface area contributed by atoms with Gasteiger partial charge in [0.1, 0.15) is 0 Å². The van der Waals surface area contributed by atoms with Crippen LogP contribution in [0.25, 0.3) is 0 Å². The van der Waals surface area contributed by atoms with Gasteiger partial charge in [-0.25, -0.2) is 0 Å². The van der Waals surface area contributed by atoms with Crippen LogP contribution < -0.4 is 5.32 Å². The summed E-state index contributed by atoms with van der Waals surface area (Å²) in [6, 6.07) is 0.694. The van der Waals surface area contributed by atoms with Gasteiger partial charge in [0.2, 0.25) is 0 Å². The lowest BCUT2D eigenvalue weighted by Gasteiger charge is -2.29. The minimum Gasteiger partial charge on any atom is -0.318 e. The predicted molar refractivity (Wildman–Crippen MR) is 60.1 cm³/mol. The van der Waals surface area contributed by atoms with Crippen molar-refractivity contribution in [2.45, 2.75) is 39.7 Å². The van der Waals surface area contributed by atoms with E-state index < -0.39 is 0 Å². The average Bonchev–Trinajstić information content (AvgIpc) is 2.13. The lowest BCUT2D eigenvalue weighted by molar-refractivity contribution is 0.202. The van der Waals surface area contributed by atoms with Crippen LogP contribution >= 0.6 is 0 Å². The molecule has 0 fully saturated rings. The van der Waals surface area contributed by atoms with Crippen molar-refractivity contribution in [1.29, 1.82) is 0 Å². The Kier molecular flexibility index (Phi) is 7.29. The molecule has 0 aliphatic rings. The highest BCUT2D eigenvalue weighted by Gasteiger charge is 2.13. The number of hydrogen-bond acceptors (Lipinski definition) is 2. The molecule has 2 unspecified atom stereocenters. The maximum atomic E-state index is 3.25. The van der Waals surface area contributed by atoms with E-state index in [1.165, 1.54) is 19.4 Å². The van der Waals surface area contributed by atoms with E-state index in [9.17, 15) is 0 Å². The molecule has 2 heteroatoms. The highest BCUT2D eigenvalue weighted by atomic mass is 15.1. The highest BCUT2D eigenvalue weighted by molar-refractivity contribution is 4.70. The largest absolute Gasteiger partial charge is 0.318 e. The van der Waals surface area contributed by atoms with Gasteiger partial charge >= 0.3 is 0 Å². The highest BCUT2D eigenvalue weighted by Crippen LogP contribution is 2.07. The van der Waals surface area contributed by atoms with Crippen molar-refractivity contribution < 1.29 is 0 Å². The molecule has 0 saturated carbocycles. The van der Waals surface area contributed by atoms with Crippen LogP contribution in [0.4, 0.5) is 0 Å². The monoisotopic (exact) mass is 186 g/mol. The maximum Gasteiger partial charge on any atom is 0.0214 e. The molecule has 80 valence electrons. The molecule has 0 heterocycles. The van der Waals surface area contributed by atoms with E-state index in [0.29, 0.717) is 6.04 Å². The summed E-state index contributed by atoms with van der Waals surface area (Å²) in [6.07, 6.45) is 2.51. The minimum absolute atomic E-state index is 0.694. The molecule has 0 aliphatic heterocycles. The van der Waals surface area contributed by atoms with Crippen LogP contribution in [0.3, 0.4) is 0 Å². The third kappa shape index (κ3) is 5.27. The molecule has 13 heavy (non-hydrogen) atoms. The Morgan fingerprint density at radius 1 is 1.23 bits per heavy atom. The second kappa shape index (κ2) is 7.34. The molecule has 1 N–H and O–H groups in total. The Hall–Kier alpha value is -0.0800. The van der Waals surface area contributed by atoms with E-state index in [0.717, 1.165) is 12.5 Å². The molecule has 0 rings (SSSR count). The molecule has 0 aromatic heterocycles. The lowest BCUT2D eigenvalue weighted by atomic mass is 10.1. The first-order valence-electron chi connectivity index (χ1n) is 5.50. The Bertz CT molecular complexity index is 115. The third-order valence-electron chi connectivity index (χ3n) is 2.83. The van der Waals surface area contributed by atoms with E-state index in [4.69, 9.17) is 0 Å². The number of nitrogens with one attached hydrogen (secondary N) is 1. The first-order chi connectivity index (χ1) is 6.15. The van der Waals surface area contributed by atoms with Gasteiger partial charge in [0, 0.05) is 19.1 Å². The summed E-state index contributed by atoms with van der Waals surface area (Å²) in [4.78, 5) is 2.48. The third-order valence-corrected chi connectivity index (χ3v) is 2.83. The number of likely N-dealkylation sites (N-methyl/N-ethyl adjacent to an activating group) is 2. The number of rotatable bonds is 7. The van der Waals surface area contributed by atoms with Gasteiger partial charge in [0.25, 0.3) is 0 Å². The van der Waals surface area contributed by atoms with Gasteiger partial charge < -0.3 is 10.2 Å². The Morgan fingerprint density at radius 3 is 2.23 bits per heavy atom. The SMILES string of the molecule is CCC(C)CN(C)C(CC)CNC. The molecular formula is C11H26N2. The molecule has 0 amide bonds. The number of hydrogen-bond donors (Lipinski definition) is 1. The van der Waals surface area contributed by atoms with Gasteiger partial charge in [0.05, 0.1) is 0 Å². The first kappa shape index (κ1) is 12.9.